The van der Waals surface area contributed by atoms with Crippen molar-refractivity contribution < 1.29 is 13.6 Å². The molecule has 170 valence electrons. The van der Waals surface area contributed by atoms with Gasteiger partial charge in [-0.05, 0) is 98.5 Å². The molecular formula is C26H29ClF2N2O. The van der Waals surface area contributed by atoms with Crippen molar-refractivity contribution in [3.8, 4) is 0 Å². The van der Waals surface area contributed by atoms with Crippen LogP contribution in [0.2, 0.25) is 5.02 Å². The highest BCUT2D eigenvalue weighted by atomic mass is 35.5. The highest BCUT2D eigenvalue weighted by molar-refractivity contribution is 6.30. The van der Waals surface area contributed by atoms with E-state index in [9.17, 15) is 13.6 Å². The molecular weight excluding hydrogens is 430 g/mol. The summed E-state index contributed by atoms with van der Waals surface area (Å²) in [6, 6.07) is 11.6. The average Bonchev–Trinajstić information content (AvgIpc) is 3.19. The van der Waals surface area contributed by atoms with Crippen LogP contribution in [0, 0.1) is 17.6 Å². The number of nitrogens with zero attached hydrogens (tertiary/aromatic N) is 1. The van der Waals surface area contributed by atoms with Gasteiger partial charge < -0.3 is 10.2 Å². The normalized spacial score (nSPS) is 22.5. The molecule has 1 amide bonds. The third-order valence-corrected chi connectivity index (χ3v) is 6.90. The van der Waals surface area contributed by atoms with Gasteiger partial charge in [0.15, 0.2) is 0 Å². The second-order valence-corrected chi connectivity index (χ2v) is 9.48. The van der Waals surface area contributed by atoms with Crippen LogP contribution >= 0.6 is 11.6 Å². The fourth-order valence-corrected chi connectivity index (χ4v) is 5.14. The zero-order valence-corrected chi connectivity index (χ0v) is 18.8. The third kappa shape index (κ3) is 6.39. The lowest BCUT2D eigenvalue weighted by Gasteiger charge is -2.33. The highest BCUT2D eigenvalue weighted by Crippen LogP contribution is 2.31. The van der Waals surface area contributed by atoms with Crippen molar-refractivity contribution in [1.82, 2.24) is 10.2 Å². The Balaban J connectivity index is 1.19. The number of hydrogen-bond donors (Lipinski definition) is 1. The van der Waals surface area contributed by atoms with Crippen LogP contribution in [0.1, 0.15) is 49.1 Å². The van der Waals surface area contributed by atoms with Crippen LogP contribution in [0.3, 0.4) is 0 Å². The minimum absolute atomic E-state index is 0.160. The van der Waals surface area contributed by atoms with Gasteiger partial charge in [-0.15, -0.1) is 0 Å². The van der Waals surface area contributed by atoms with E-state index in [2.05, 4.69) is 22.3 Å². The Labute approximate surface area is 193 Å². The van der Waals surface area contributed by atoms with Crippen molar-refractivity contribution in [2.45, 2.75) is 44.1 Å². The van der Waals surface area contributed by atoms with Crippen LogP contribution in [0.4, 0.5) is 8.78 Å². The Morgan fingerprint density at radius 3 is 2.41 bits per heavy atom. The maximum Gasteiger partial charge on any atom is 0.244 e. The van der Waals surface area contributed by atoms with Crippen molar-refractivity contribution in [3.05, 3.63) is 76.3 Å². The molecule has 1 aliphatic carbocycles. The topological polar surface area (TPSA) is 32.3 Å². The van der Waals surface area contributed by atoms with Gasteiger partial charge in [0.25, 0.3) is 0 Å². The minimum Gasteiger partial charge on any atom is -0.350 e. The largest absolute Gasteiger partial charge is 0.350 e. The quantitative estimate of drug-likeness (QED) is 0.555. The summed E-state index contributed by atoms with van der Waals surface area (Å²) in [6.45, 7) is 3.29. The number of carbonyl (C=O) groups excluding carboxylic acids is 1. The second kappa shape index (κ2) is 10.6. The number of rotatable bonds is 6. The molecule has 0 unspecified atom stereocenters. The van der Waals surface area contributed by atoms with E-state index >= 15 is 0 Å². The Morgan fingerprint density at radius 2 is 1.72 bits per heavy atom. The lowest BCUT2D eigenvalue weighted by Crippen LogP contribution is -2.37. The van der Waals surface area contributed by atoms with Crippen molar-refractivity contribution in [3.63, 3.8) is 0 Å². The SMILES string of the molecule is O=C(/C=C/c1cc(F)cc(F)c1)N[C@@H]1CC[C@H](CN2CCC(c3ccc(Cl)cc3)CC2)C1. The maximum atomic E-state index is 13.3. The van der Waals surface area contributed by atoms with Crippen molar-refractivity contribution >= 4 is 23.6 Å². The van der Waals surface area contributed by atoms with E-state index in [0.717, 1.165) is 50.0 Å². The van der Waals surface area contributed by atoms with Crippen LogP contribution in [0.5, 0.6) is 0 Å². The number of piperidine rings is 1. The van der Waals surface area contributed by atoms with E-state index in [0.29, 0.717) is 17.4 Å². The van der Waals surface area contributed by atoms with Crippen molar-refractivity contribution in [2.75, 3.05) is 19.6 Å². The molecule has 0 radical (unpaired) electrons. The van der Waals surface area contributed by atoms with Crippen LogP contribution in [0.15, 0.2) is 48.5 Å². The first-order chi connectivity index (χ1) is 15.4. The predicted octanol–water partition coefficient (Wildman–Crippen LogP) is 5.80. The molecule has 1 heterocycles. The van der Waals surface area contributed by atoms with Gasteiger partial charge in [-0.25, -0.2) is 8.78 Å². The Morgan fingerprint density at radius 1 is 1.03 bits per heavy atom. The lowest BCUT2D eigenvalue weighted by atomic mass is 9.89. The Bertz CT molecular complexity index is 935. The molecule has 1 aliphatic heterocycles. The molecule has 0 bridgehead atoms. The minimum atomic E-state index is -0.652. The monoisotopic (exact) mass is 458 g/mol. The smallest absolute Gasteiger partial charge is 0.244 e. The first-order valence-corrected chi connectivity index (χ1v) is 11.7. The lowest BCUT2D eigenvalue weighted by molar-refractivity contribution is -0.117. The number of amides is 1. The summed E-state index contributed by atoms with van der Waals surface area (Å²) in [7, 11) is 0. The van der Waals surface area contributed by atoms with E-state index in [1.165, 1.54) is 42.7 Å². The number of hydrogen-bond acceptors (Lipinski definition) is 2. The molecule has 4 rings (SSSR count). The summed E-state index contributed by atoms with van der Waals surface area (Å²) in [6.07, 6.45) is 8.19. The number of benzene rings is 2. The van der Waals surface area contributed by atoms with Gasteiger partial charge in [-0.1, -0.05) is 23.7 Å². The van der Waals surface area contributed by atoms with Crippen molar-refractivity contribution in [2.24, 2.45) is 5.92 Å². The Hall–Kier alpha value is -2.24. The summed E-state index contributed by atoms with van der Waals surface area (Å²) in [4.78, 5) is 14.8. The number of carbonyl (C=O) groups is 1. The van der Waals surface area contributed by atoms with E-state index in [4.69, 9.17) is 11.6 Å². The summed E-state index contributed by atoms with van der Waals surface area (Å²) in [5.41, 5.74) is 1.72. The summed E-state index contributed by atoms with van der Waals surface area (Å²) in [5.74, 6) is -0.322. The van der Waals surface area contributed by atoms with E-state index in [1.807, 2.05) is 12.1 Å². The second-order valence-electron chi connectivity index (χ2n) is 9.05. The van der Waals surface area contributed by atoms with E-state index in [-0.39, 0.29) is 11.9 Å². The van der Waals surface area contributed by atoms with Gasteiger partial charge in [-0.2, -0.15) is 0 Å². The number of halogens is 3. The highest BCUT2D eigenvalue weighted by Gasteiger charge is 2.28. The summed E-state index contributed by atoms with van der Waals surface area (Å²) >= 11 is 6.00. The van der Waals surface area contributed by atoms with Gasteiger partial charge in [0.05, 0.1) is 0 Å². The number of likely N-dealkylation sites (tertiary alicyclic amines) is 1. The van der Waals surface area contributed by atoms with Crippen LogP contribution in [-0.2, 0) is 4.79 Å². The zero-order chi connectivity index (χ0) is 22.5. The molecule has 2 aromatic carbocycles. The molecule has 2 aliphatic rings. The standard InChI is InChI=1S/C26H29ClF2N2O/c27-22-5-3-20(4-6-22)21-9-11-31(12-10-21)17-19-1-7-25(15-19)30-26(32)8-2-18-13-23(28)16-24(29)14-18/h2-6,8,13-14,16,19,21,25H,1,7,9-12,15,17H2,(H,30,32)/b8-2+/t19-,25+/m0/s1. The van der Waals surface area contributed by atoms with Gasteiger partial charge in [0.1, 0.15) is 11.6 Å². The molecule has 1 saturated carbocycles. The van der Waals surface area contributed by atoms with Crippen molar-refractivity contribution in [1.29, 1.82) is 0 Å². The molecule has 1 N–H and O–H groups in total. The zero-order valence-electron chi connectivity index (χ0n) is 18.1. The van der Waals surface area contributed by atoms with E-state index in [1.54, 1.807) is 0 Å². The molecule has 2 fully saturated rings. The third-order valence-electron chi connectivity index (χ3n) is 6.65. The summed E-state index contributed by atoms with van der Waals surface area (Å²) < 4.78 is 26.5. The first-order valence-electron chi connectivity index (χ1n) is 11.4. The molecule has 2 atom stereocenters. The van der Waals surface area contributed by atoms with Gasteiger partial charge in [0.2, 0.25) is 5.91 Å². The van der Waals surface area contributed by atoms with Crippen LogP contribution in [-0.4, -0.2) is 36.5 Å². The molecule has 32 heavy (non-hydrogen) atoms. The molecule has 1 saturated heterocycles. The molecule has 0 aromatic heterocycles. The van der Waals surface area contributed by atoms with Gasteiger partial charge >= 0.3 is 0 Å². The molecule has 2 aromatic rings. The fraction of sp³-hybridized carbons (Fsp3) is 0.423. The summed E-state index contributed by atoms with van der Waals surface area (Å²) in [5, 5.41) is 3.82. The van der Waals surface area contributed by atoms with Crippen LogP contribution < -0.4 is 5.32 Å². The Kier molecular flexibility index (Phi) is 7.59. The molecule has 3 nitrogen and oxygen atoms in total. The molecule has 0 spiro atoms. The maximum absolute atomic E-state index is 13.3. The van der Waals surface area contributed by atoms with Gasteiger partial charge in [-0.3, -0.25) is 4.79 Å². The van der Waals surface area contributed by atoms with Crippen LogP contribution in [0.25, 0.3) is 6.08 Å². The van der Waals surface area contributed by atoms with E-state index < -0.39 is 11.6 Å². The predicted molar refractivity (Wildman–Crippen MR) is 125 cm³/mol. The first kappa shape index (κ1) is 22.9. The average molecular weight is 459 g/mol. The fourth-order valence-electron chi connectivity index (χ4n) is 5.01. The molecule has 6 heteroatoms. The van der Waals surface area contributed by atoms with Gasteiger partial charge in [0, 0.05) is 29.8 Å². The number of nitrogens with one attached hydrogen (secondary N) is 1.